The fourth-order valence-electron chi connectivity index (χ4n) is 4.14. The lowest BCUT2D eigenvalue weighted by atomic mass is 9.90. The highest BCUT2D eigenvalue weighted by Gasteiger charge is 2.46. The zero-order chi connectivity index (χ0) is 16.7. The normalized spacial score (nSPS) is 27.5. The summed E-state index contributed by atoms with van der Waals surface area (Å²) >= 11 is 0. The summed E-state index contributed by atoms with van der Waals surface area (Å²) in [5, 5.41) is 3.99. The van der Waals surface area contributed by atoms with Crippen molar-refractivity contribution in [2.45, 2.75) is 24.2 Å². The molecule has 3 heterocycles. The minimum Gasteiger partial charge on any atom is -0.274 e. The molecular formula is C16H21N5O2S. The molecule has 128 valence electrons. The lowest BCUT2D eigenvalue weighted by Crippen LogP contribution is -2.30. The van der Waals surface area contributed by atoms with Crippen molar-refractivity contribution in [3.63, 3.8) is 0 Å². The van der Waals surface area contributed by atoms with Gasteiger partial charge in [0.2, 0.25) is 10.0 Å². The van der Waals surface area contributed by atoms with Gasteiger partial charge < -0.3 is 0 Å². The number of hydrogen-bond donors (Lipinski definition) is 0. The van der Waals surface area contributed by atoms with Crippen LogP contribution in [0, 0.1) is 17.8 Å². The quantitative estimate of drug-likeness (QED) is 0.827. The smallest absolute Gasteiger partial charge is 0.246 e. The largest absolute Gasteiger partial charge is 0.274 e. The third kappa shape index (κ3) is 2.73. The first-order valence-electron chi connectivity index (χ1n) is 8.29. The highest BCUT2D eigenvalue weighted by atomic mass is 32.2. The summed E-state index contributed by atoms with van der Waals surface area (Å²) in [4.78, 5) is 8.93. The molecule has 1 saturated heterocycles. The summed E-state index contributed by atoms with van der Waals surface area (Å²) in [6.45, 7) is 1.22. The zero-order valence-electron chi connectivity index (χ0n) is 13.6. The summed E-state index contributed by atoms with van der Waals surface area (Å²) in [6, 6.07) is 1.82. The van der Waals surface area contributed by atoms with Gasteiger partial charge in [-0.1, -0.05) is 0 Å². The van der Waals surface area contributed by atoms with Crippen molar-refractivity contribution < 1.29 is 8.42 Å². The Balaban J connectivity index is 1.50. The minimum atomic E-state index is -3.44. The number of aromatic nitrogens is 4. The molecule has 1 aliphatic carbocycles. The van der Waals surface area contributed by atoms with Gasteiger partial charge in [0, 0.05) is 45.1 Å². The highest BCUT2D eigenvalue weighted by Crippen LogP contribution is 2.44. The highest BCUT2D eigenvalue weighted by molar-refractivity contribution is 7.89. The topological polar surface area (TPSA) is 81.0 Å². The van der Waals surface area contributed by atoms with E-state index >= 15 is 0 Å². The molecule has 0 amide bonds. The summed E-state index contributed by atoms with van der Waals surface area (Å²) in [7, 11) is -1.71. The molecule has 2 aliphatic rings. The second-order valence-corrected chi connectivity index (χ2v) is 8.74. The monoisotopic (exact) mass is 347 g/mol. The molecule has 0 N–H and O–H groups in total. The van der Waals surface area contributed by atoms with Gasteiger partial charge in [-0.15, -0.1) is 0 Å². The van der Waals surface area contributed by atoms with Crippen molar-refractivity contribution >= 4 is 10.0 Å². The zero-order valence-corrected chi connectivity index (χ0v) is 14.4. The van der Waals surface area contributed by atoms with Crippen LogP contribution in [0.5, 0.6) is 0 Å². The SMILES string of the molecule is Cn1cc(S(=O)(=O)N2C[C@H]3CC[C@H](Cc4ncccn4)[C@H]3C2)cn1. The Kier molecular flexibility index (Phi) is 3.88. The molecule has 8 heteroatoms. The fraction of sp³-hybridized carbons (Fsp3) is 0.562. The maximum atomic E-state index is 12.8. The van der Waals surface area contributed by atoms with Crippen LogP contribution in [-0.2, 0) is 23.5 Å². The van der Waals surface area contributed by atoms with Gasteiger partial charge in [-0.05, 0) is 36.7 Å². The number of fused-ring (bicyclic) bond motifs is 1. The average Bonchev–Trinajstić information content (AvgIpc) is 3.26. The van der Waals surface area contributed by atoms with Gasteiger partial charge in [0.05, 0.1) is 6.20 Å². The molecule has 24 heavy (non-hydrogen) atoms. The van der Waals surface area contributed by atoms with E-state index in [0.717, 1.165) is 25.1 Å². The number of sulfonamides is 1. The van der Waals surface area contributed by atoms with Crippen LogP contribution in [0.25, 0.3) is 0 Å². The molecule has 4 rings (SSSR count). The van der Waals surface area contributed by atoms with E-state index in [0.29, 0.717) is 30.8 Å². The molecule has 0 radical (unpaired) electrons. The Morgan fingerprint density at radius 3 is 2.71 bits per heavy atom. The van der Waals surface area contributed by atoms with Gasteiger partial charge in [-0.25, -0.2) is 18.4 Å². The Bertz CT molecular complexity index is 820. The van der Waals surface area contributed by atoms with Crippen LogP contribution in [0.15, 0.2) is 35.7 Å². The van der Waals surface area contributed by atoms with Gasteiger partial charge in [-0.3, -0.25) is 4.68 Å². The van der Waals surface area contributed by atoms with Crippen LogP contribution in [0.4, 0.5) is 0 Å². The van der Waals surface area contributed by atoms with E-state index < -0.39 is 10.0 Å². The number of nitrogens with zero attached hydrogens (tertiary/aromatic N) is 5. The number of hydrogen-bond acceptors (Lipinski definition) is 5. The molecule has 0 spiro atoms. The average molecular weight is 347 g/mol. The molecule has 3 atom stereocenters. The first-order valence-corrected chi connectivity index (χ1v) is 9.73. The Morgan fingerprint density at radius 2 is 2.00 bits per heavy atom. The maximum Gasteiger partial charge on any atom is 0.246 e. The van der Waals surface area contributed by atoms with Crippen LogP contribution in [0.2, 0.25) is 0 Å². The lowest BCUT2D eigenvalue weighted by Gasteiger charge is -2.19. The molecule has 1 saturated carbocycles. The van der Waals surface area contributed by atoms with E-state index in [1.165, 1.54) is 10.9 Å². The van der Waals surface area contributed by atoms with Gasteiger partial charge in [0.1, 0.15) is 10.7 Å². The van der Waals surface area contributed by atoms with Crippen molar-refractivity contribution in [1.29, 1.82) is 0 Å². The molecule has 2 fully saturated rings. The minimum absolute atomic E-state index is 0.285. The first-order chi connectivity index (χ1) is 11.5. The van der Waals surface area contributed by atoms with E-state index in [-0.39, 0.29) is 4.90 Å². The van der Waals surface area contributed by atoms with Gasteiger partial charge in [0.15, 0.2) is 0 Å². The molecule has 2 aromatic heterocycles. The summed E-state index contributed by atoms with van der Waals surface area (Å²) in [5.41, 5.74) is 0. The van der Waals surface area contributed by atoms with E-state index in [2.05, 4.69) is 15.1 Å². The summed E-state index contributed by atoms with van der Waals surface area (Å²) in [6.07, 6.45) is 9.58. The Labute approximate surface area is 141 Å². The summed E-state index contributed by atoms with van der Waals surface area (Å²) in [5.74, 6) is 2.17. The third-order valence-electron chi connectivity index (χ3n) is 5.35. The Morgan fingerprint density at radius 1 is 1.21 bits per heavy atom. The third-order valence-corrected chi connectivity index (χ3v) is 7.14. The number of aryl methyl sites for hydroxylation is 1. The van der Waals surface area contributed by atoms with Crippen LogP contribution in [0.3, 0.4) is 0 Å². The van der Waals surface area contributed by atoms with Crippen LogP contribution < -0.4 is 0 Å². The maximum absolute atomic E-state index is 12.8. The van der Waals surface area contributed by atoms with Gasteiger partial charge in [-0.2, -0.15) is 9.40 Å². The van der Waals surface area contributed by atoms with Crippen molar-refractivity contribution in [3.8, 4) is 0 Å². The lowest BCUT2D eigenvalue weighted by molar-refractivity contribution is 0.354. The van der Waals surface area contributed by atoms with Gasteiger partial charge >= 0.3 is 0 Å². The predicted molar refractivity (Wildman–Crippen MR) is 87.4 cm³/mol. The van der Waals surface area contributed by atoms with Crippen LogP contribution in [-0.4, -0.2) is 45.6 Å². The van der Waals surface area contributed by atoms with Crippen molar-refractivity contribution in [3.05, 3.63) is 36.7 Å². The molecular weight excluding hydrogens is 326 g/mol. The van der Waals surface area contributed by atoms with Crippen LogP contribution in [0.1, 0.15) is 18.7 Å². The standard InChI is InChI=1S/C16H21N5O2S/c1-20-10-14(8-19-20)24(22,23)21-9-13-4-3-12(15(13)11-21)7-16-17-5-2-6-18-16/h2,5-6,8,10,12-13,15H,3-4,7,9,11H2,1H3/t12-,13-,15-/m1/s1. The molecule has 0 unspecified atom stereocenters. The second-order valence-electron chi connectivity index (χ2n) is 6.80. The molecule has 7 nitrogen and oxygen atoms in total. The van der Waals surface area contributed by atoms with E-state index in [4.69, 9.17) is 0 Å². The van der Waals surface area contributed by atoms with E-state index in [1.54, 1.807) is 29.9 Å². The molecule has 1 aliphatic heterocycles. The first kappa shape index (κ1) is 15.7. The predicted octanol–water partition coefficient (Wildman–Crippen LogP) is 1.10. The molecule has 0 aromatic carbocycles. The van der Waals surface area contributed by atoms with E-state index in [9.17, 15) is 8.42 Å². The van der Waals surface area contributed by atoms with Gasteiger partial charge in [0.25, 0.3) is 0 Å². The van der Waals surface area contributed by atoms with Crippen molar-refractivity contribution in [1.82, 2.24) is 24.1 Å². The number of rotatable bonds is 4. The molecule has 0 bridgehead atoms. The van der Waals surface area contributed by atoms with E-state index in [1.807, 2.05) is 6.07 Å². The second kappa shape index (κ2) is 5.93. The van der Waals surface area contributed by atoms with Crippen LogP contribution >= 0.6 is 0 Å². The van der Waals surface area contributed by atoms with Crippen molar-refractivity contribution in [2.75, 3.05) is 13.1 Å². The van der Waals surface area contributed by atoms with Crippen molar-refractivity contribution in [2.24, 2.45) is 24.8 Å². The molecule has 2 aromatic rings. The fourth-order valence-corrected chi connectivity index (χ4v) is 5.66. The summed E-state index contributed by atoms with van der Waals surface area (Å²) < 4.78 is 28.7. The Hall–Kier alpha value is -1.80.